The van der Waals surface area contributed by atoms with E-state index < -0.39 is 0 Å². The topological polar surface area (TPSA) is 25.8 Å². The first kappa shape index (κ1) is 7.19. The molecule has 53 valence electrons. The molecule has 10 heavy (non-hydrogen) atoms. The first-order valence-corrected chi connectivity index (χ1v) is 3.46. The molecule has 0 aromatic carbocycles. The highest BCUT2D eigenvalue weighted by molar-refractivity contribution is 5.10. The number of nitrogens with zero attached hydrogens (tertiary/aromatic N) is 2. The van der Waals surface area contributed by atoms with Crippen LogP contribution in [0.1, 0.15) is 24.0 Å². The SMILES string of the molecule is CCc1n[c]c(C)nc1C. The predicted molar refractivity (Wildman–Crippen MR) is 39.7 cm³/mol. The molecule has 1 aromatic heterocycles. The molecule has 1 aromatic rings. The minimum absolute atomic E-state index is 0.870. The Hall–Kier alpha value is -0.920. The van der Waals surface area contributed by atoms with E-state index in [0.29, 0.717) is 0 Å². The van der Waals surface area contributed by atoms with Crippen molar-refractivity contribution in [2.45, 2.75) is 27.2 Å². The second-order valence-electron chi connectivity index (χ2n) is 2.31. The van der Waals surface area contributed by atoms with Gasteiger partial charge >= 0.3 is 0 Å². The van der Waals surface area contributed by atoms with Crippen LogP contribution in [0.15, 0.2) is 0 Å². The summed E-state index contributed by atoms with van der Waals surface area (Å²) in [6, 6.07) is 0. The molecule has 0 atom stereocenters. The molecule has 0 fully saturated rings. The molecule has 1 heterocycles. The van der Waals surface area contributed by atoms with Gasteiger partial charge in [0.15, 0.2) is 0 Å². The monoisotopic (exact) mass is 135 g/mol. The van der Waals surface area contributed by atoms with Crippen molar-refractivity contribution in [1.29, 1.82) is 0 Å². The maximum atomic E-state index is 4.23. The lowest BCUT2D eigenvalue weighted by Crippen LogP contribution is -1.96. The normalized spacial score (nSPS) is 9.90. The van der Waals surface area contributed by atoms with E-state index in [4.69, 9.17) is 0 Å². The Labute approximate surface area is 61.3 Å². The van der Waals surface area contributed by atoms with Gasteiger partial charge in [-0.05, 0) is 20.3 Å². The molecule has 0 spiro atoms. The smallest absolute Gasteiger partial charge is 0.112 e. The number of rotatable bonds is 1. The first-order chi connectivity index (χ1) is 4.74. The number of hydrogen-bond donors (Lipinski definition) is 0. The fraction of sp³-hybridized carbons (Fsp3) is 0.500. The lowest BCUT2D eigenvalue weighted by molar-refractivity contribution is 0.929. The molecule has 2 heteroatoms. The molecule has 0 N–H and O–H groups in total. The molecular formula is C8H11N2. The van der Waals surface area contributed by atoms with Gasteiger partial charge in [0.1, 0.15) is 6.20 Å². The second kappa shape index (κ2) is 2.78. The maximum Gasteiger partial charge on any atom is 0.112 e. The zero-order valence-electron chi connectivity index (χ0n) is 6.60. The Morgan fingerprint density at radius 3 is 2.60 bits per heavy atom. The van der Waals surface area contributed by atoms with E-state index in [1.165, 1.54) is 0 Å². The van der Waals surface area contributed by atoms with E-state index in [-0.39, 0.29) is 0 Å². The minimum atomic E-state index is 0.870. The van der Waals surface area contributed by atoms with Crippen molar-refractivity contribution < 1.29 is 0 Å². The van der Waals surface area contributed by atoms with Crippen LogP contribution in [0.5, 0.6) is 0 Å². The fourth-order valence-electron chi connectivity index (χ4n) is 0.905. The molecule has 0 aliphatic rings. The van der Waals surface area contributed by atoms with Crippen LogP contribution in [0.2, 0.25) is 0 Å². The Morgan fingerprint density at radius 1 is 1.40 bits per heavy atom. The van der Waals surface area contributed by atoms with Crippen LogP contribution in [0.3, 0.4) is 0 Å². The molecular weight excluding hydrogens is 124 g/mol. The van der Waals surface area contributed by atoms with Gasteiger partial charge in [-0.15, -0.1) is 0 Å². The summed E-state index contributed by atoms with van der Waals surface area (Å²) in [5.41, 5.74) is 2.94. The summed E-state index contributed by atoms with van der Waals surface area (Å²) in [5.74, 6) is 0. The quantitative estimate of drug-likeness (QED) is 0.582. The first-order valence-electron chi connectivity index (χ1n) is 3.46. The second-order valence-corrected chi connectivity index (χ2v) is 2.31. The van der Waals surface area contributed by atoms with Crippen molar-refractivity contribution in [3.63, 3.8) is 0 Å². The highest BCUT2D eigenvalue weighted by atomic mass is 14.8. The Morgan fingerprint density at radius 2 is 2.10 bits per heavy atom. The van der Waals surface area contributed by atoms with E-state index in [1.807, 2.05) is 13.8 Å². The van der Waals surface area contributed by atoms with Crippen LogP contribution in [0.4, 0.5) is 0 Å². The zero-order chi connectivity index (χ0) is 7.56. The van der Waals surface area contributed by atoms with E-state index in [0.717, 1.165) is 23.5 Å². The highest BCUT2D eigenvalue weighted by Crippen LogP contribution is 2.01. The third-order valence-electron chi connectivity index (χ3n) is 1.44. The fourth-order valence-corrected chi connectivity index (χ4v) is 0.905. The van der Waals surface area contributed by atoms with Crippen molar-refractivity contribution in [2.24, 2.45) is 0 Å². The molecule has 0 aliphatic heterocycles. The van der Waals surface area contributed by atoms with Crippen LogP contribution in [0, 0.1) is 20.0 Å². The predicted octanol–water partition coefficient (Wildman–Crippen LogP) is 1.46. The number of aryl methyl sites for hydroxylation is 3. The molecule has 0 aliphatic carbocycles. The van der Waals surface area contributed by atoms with Gasteiger partial charge in [-0.2, -0.15) is 0 Å². The molecule has 0 saturated carbocycles. The van der Waals surface area contributed by atoms with Crippen molar-refractivity contribution in [2.75, 3.05) is 0 Å². The molecule has 0 amide bonds. The Bertz CT molecular complexity index is 231. The van der Waals surface area contributed by atoms with Crippen molar-refractivity contribution in [1.82, 2.24) is 9.97 Å². The number of aromatic nitrogens is 2. The van der Waals surface area contributed by atoms with Crippen molar-refractivity contribution in [3.05, 3.63) is 23.3 Å². The lowest BCUT2D eigenvalue weighted by Gasteiger charge is -1.99. The van der Waals surface area contributed by atoms with Gasteiger partial charge in [0.05, 0.1) is 17.1 Å². The average Bonchev–Trinajstić information content (AvgIpc) is 1.88. The van der Waals surface area contributed by atoms with Gasteiger partial charge < -0.3 is 0 Å². The lowest BCUT2D eigenvalue weighted by atomic mass is 10.2. The molecule has 2 nitrogen and oxygen atoms in total. The van der Waals surface area contributed by atoms with Gasteiger partial charge in [0.25, 0.3) is 0 Å². The van der Waals surface area contributed by atoms with Gasteiger partial charge in [0, 0.05) is 0 Å². The molecule has 0 unspecified atom stereocenters. The van der Waals surface area contributed by atoms with Gasteiger partial charge in [-0.1, -0.05) is 6.92 Å². The Kier molecular flexibility index (Phi) is 2.00. The molecule has 0 saturated heterocycles. The summed E-state index contributed by atoms with van der Waals surface area (Å²) in [6.45, 7) is 5.95. The molecule has 1 rings (SSSR count). The van der Waals surface area contributed by atoms with Gasteiger partial charge in [-0.3, -0.25) is 4.98 Å². The summed E-state index contributed by atoms with van der Waals surface area (Å²) in [5, 5.41) is 0. The van der Waals surface area contributed by atoms with Crippen molar-refractivity contribution >= 4 is 0 Å². The zero-order valence-corrected chi connectivity index (χ0v) is 6.60. The van der Waals surface area contributed by atoms with Crippen LogP contribution in [0.25, 0.3) is 0 Å². The van der Waals surface area contributed by atoms with Crippen LogP contribution in [-0.4, -0.2) is 9.97 Å². The standard InChI is InChI=1S/C8H11N2/c1-4-8-7(3)10-6(2)5-9-8/h4H2,1-3H3. The number of hydrogen-bond acceptors (Lipinski definition) is 2. The summed E-state index contributed by atoms with van der Waals surface area (Å²) in [4.78, 5) is 8.34. The van der Waals surface area contributed by atoms with Crippen LogP contribution >= 0.6 is 0 Å². The average molecular weight is 135 g/mol. The third-order valence-corrected chi connectivity index (χ3v) is 1.44. The Balaban J connectivity index is 3.07. The highest BCUT2D eigenvalue weighted by Gasteiger charge is 1.97. The van der Waals surface area contributed by atoms with E-state index in [2.05, 4.69) is 23.1 Å². The van der Waals surface area contributed by atoms with Gasteiger partial charge in [-0.25, -0.2) is 4.98 Å². The summed E-state index contributed by atoms with van der Waals surface area (Å²) < 4.78 is 0. The van der Waals surface area contributed by atoms with Crippen LogP contribution in [-0.2, 0) is 6.42 Å². The van der Waals surface area contributed by atoms with E-state index in [9.17, 15) is 0 Å². The maximum absolute atomic E-state index is 4.23. The van der Waals surface area contributed by atoms with Gasteiger partial charge in [0.2, 0.25) is 0 Å². The summed E-state index contributed by atoms with van der Waals surface area (Å²) in [7, 11) is 0. The minimum Gasteiger partial charge on any atom is -0.254 e. The largest absolute Gasteiger partial charge is 0.254 e. The van der Waals surface area contributed by atoms with Crippen molar-refractivity contribution in [3.8, 4) is 0 Å². The van der Waals surface area contributed by atoms with E-state index >= 15 is 0 Å². The van der Waals surface area contributed by atoms with E-state index in [1.54, 1.807) is 0 Å². The molecule has 1 radical (unpaired) electrons. The van der Waals surface area contributed by atoms with Crippen LogP contribution < -0.4 is 0 Å². The summed E-state index contributed by atoms with van der Waals surface area (Å²) in [6.07, 6.45) is 3.77. The molecule has 0 bridgehead atoms. The summed E-state index contributed by atoms with van der Waals surface area (Å²) >= 11 is 0. The third kappa shape index (κ3) is 1.32.